The molecule has 0 spiro atoms. The Balaban J connectivity index is 0.00000324. The summed E-state index contributed by atoms with van der Waals surface area (Å²) < 4.78 is 5.65. The summed E-state index contributed by atoms with van der Waals surface area (Å²) in [6, 6.07) is 7.97. The zero-order chi connectivity index (χ0) is 13.2. The van der Waals surface area contributed by atoms with E-state index in [1.54, 1.807) is 6.08 Å². The van der Waals surface area contributed by atoms with Crippen LogP contribution in [0.4, 0.5) is 0 Å². The van der Waals surface area contributed by atoms with E-state index in [1.807, 2.05) is 31.2 Å². The Morgan fingerprint density at radius 2 is 2.21 bits per heavy atom. The maximum absolute atomic E-state index is 5.65. The van der Waals surface area contributed by atoms with Crippen molar-refractivity contribution in [1.82, 2.24) is 5.32 Å². The predicted molar refractivity (Wildman–Crippen MR) is 91.4 cm³/mol. The van der Waals surface area contributed by atoms with Gasteiger partial charge in [0, 0.05) is 19.5 Å². The molecule has 0 saturated heterocycles. The SMILES string of the molecule is C=CCNC(N)=NCCCOc1ccccc1C.I. The highest BCUT2D eigenvalue weighted by Crippen LogP contribution is 2.15. The number of ether oxygens (including phenoxy) is 1. The molecule has 0 radical (unpaired) electrons. The van der Waals surface area contributed by atoms with Gasteiger partial charge in [0.2, 0.25) is 0 Å². The molecule has 0 aromatic heterocycles. The lowest BCUT2D eigenvalue weighted by molar-refractivity contribution is 0.311. The topological polar surface area (TPSA) is 59.6 Å². The Morgan fingerprint density at radius 3 is 2.89 bits per heavy atom. The van der Waals surface area contributed by atoms with Crippen LogP contribution in [0, 0.1) is 6.92 Å². The number of para-hydroxylation sites is 1. The second-order valence-electron chi connectivity index (χ2n) is 3.90. The molecule has 0 aliphatic rings. The molecule has 0 saturated carbocycles. The third-order valence-corrected chi connectivity index (χ3v) is 2.36. The van der Waals surface area contributed by atoms with Crippen LogP contribution in [0.15, 0.2) is 41.9 Å². The molecule has 0 bridgehead atoms. The van der Waals surface area contributed by atoms with Crippen LogP contribution in [0.3, 0.4) is 0 Å². The summed E-state index contributed by atoms with van der Waals surface area (Å²) in [5.41, 5.74) is 6.77. The number of guanidine groups is 1. The molecule has 0 unspecified atom stereocenters. The van der Waals surface area contributed by atoms with Gasteiger partial charge in [0.1, 0.15) is 5.75 Å². The number of nitrogens with zero attached hydrogens (tertiary/aromatic N) is 1. The fourth-order valence-electron chi connectivity index (χ4n) is 1.40. The summed E-state index contributed by atoms with van der Waals surface area (Å²) >= 11 is 0. The molecule has 3 N–H and O–H groups in total. The van der Waals surface area contributed by atoms with Crippen LogP contribution in [0.2, 0.25) is 0 Å². The van der Waals surface area contributed by atoms with E-state index in [9.17, 15) is 0 Å². The van der Waals surface area contributed by atoms with Crippen molar-refractivity contribution >= 4 is 29.9 Å². The lowest BCUT2D eigenvalue weighted by Crippen LogP contribution is -2.31. The maximum Gasteiger partial charge on any atom is 0.188 e. The average Bonchev–Trinajstić information content (AvgIpc) is 2.38. The first kappa shape index (κ1) is 17.8. The number of benzene rings is 1. The van der Waals surface area contributed by atoms with Crippen LogP contribution in [0.1, 0.15) is 12.0 Å². The number of nitrogens with one attached hydrogen (secondary N) is 1. The van der Waals surface area contributed by atoms with Gasteiger partial charge < -0.3 is 15.8 Å². The molecule has 1 aromatic rings. The fourth-order valence-corrected chi connectivity index (χ4v) is 1.40. The Hall–Kier alpha value is -1.24. The Labute approximate surface area is 132 Å². The molecule has 1 aromatic carbocycles. The van der Waals surface area contributed by atoms with Gasteiger partial charge in [-0.1, -0.05) is 24.3 Å². The van der Waals surface area contributed by atoms with E-state index in [2.05, 4.69) is 16.9 Å². The van der Waals surface area contributed by atoms with Gasteiger partial charge in [-0.2, -0.15) is 0 Å². The van der Waals surface area contributed by atoms with Crippen LogP contribution < -0.4 is 15.8 Å². The van der Waals surface area contributed by atoms with Gasteiger partial charge in [-0.3, -0.25) is 4.99 Å². The molecule has 0 aliphatic heterocycles. The molecule has 0 atom stereocenters. The van der Waals surface area contributed by atoms with Crippen molar-refractivity contribution in [2.75, 3.05) is 19.7 Å². The summed E-state index contributed by atoms with van der Waals surface area (Å²) in [6.45, 7) is 7.55. The minimum Gasteiger partial charge on any atom is -0.493 e. The Bertz CT molecular complexity index is 407. The van der Waals surface area contributed by atoms with Crippen molar-refractivity contribution in [1.29, 1.82) is 0 Å². The molecule has 0 fully saturated rings. The van der Waals surface area contributed by atoms with Gasteiger partial charge in [0.15, 0.2) is 5.96 Å². The molecular formula is C14H22IN3O. The zero-order valence-corrected chi connectivity index (χ0v) is 13.6. The van der Waals surface area contributed by atoms with Gasteiger partial charge in [-0.25, -0.2) is 0 Å². The maximum atomic E-state index is 5.65. The molecule has 106 valence electrons. The average molecular weight is 375 g/mol. The quantitative estimate of drug-likeness (QED) is 0.253. The van der Waals surface area contributed by atoms with E-state index in [0.29, 0.717) is 25.7 Å². The van der Waals surface area contributed by atoms with Gasteiger partial charge in [-0.15, -0.1) is 30.6 Å². The first-order valence-electron chi connectivity index (χ1n) is 6.07. The number of aliphatic imine (C=N–C) groups is 1. The van der Waals surface area contributed by atoms with Gasteiger partial charge in [0.25, 0.3) is 0 Å². The Kier molecular flexibility index (Phi) is 9.97. The summed E-state index contributed by atoms with van der Waals surface area (Å²) in [7, 11) is 0. The van der Waals surface area contributed by atoms with Crippen LogP contribution >= 0.6 is 24.0 Å². The Morgan fingerprint density at radius 1 is 1.47 bits per heavy atom. The van der Waals surface area contributed by atoms with E-state index in [1.165, 1.54) is 0 Å². The van der Waals surface area contributed by atoms with E-state index < -0.39 is 0 Å². The van der Waals surface area contributed by atoms with Gasteiger partial charge >= 0.3 is 0 Å². The normalized spacial score (nSPS) is 10.5. The van der Waals surface area contributed by atoms with Crippen LogP contribution in [0.25, 0.3) is 0 Å². The zero-order valence-electron chi connectivity index (χ0n) is 11.3. The molecule has 19 heavy (non-hydrogen) atoms. The van der Waals surface area contributed by atoms with E-state index >= 15 is 0 Å². The predicted octanol–water partition coefficient (Wildman–Crippen LogP) is 2.47. The highest BCUT2D eigenvalue weighted by atomic mass is 127. The van der Waals surface area contributed by atoms with Crippen molar-refractivity contribution in [2.45, 2.75) is 13.3 Å². The van der Waals surface area contributed by atoms with Crippen molar-refractivity contribution in [2.24, 2.45) is 10.7 Å². The number of aryl methyl sites for hydroxylation is 1. The van der Waals surface area contributed by atoms with Gasteiger partial charge in [-0.05, 0) is 18.6 Å². The number of hydrogen-bond donors (Lipinski definition) is 2. The molecule has 0 aliphatic carbocycles. The highest BCUT2D eigenvalue weighted by Gasteiger charge is 1.96. The first-order chi connectivity index (χ1) is 8.74. The smallest absolute Gasteiger partial charge is 0.188 e. The fraction of sp³-hybridized carbons (Fsp3) is 0.357. The van der Waals surface area contributed by atoms with Crippen LogP contribution in [0.5, 0.6) is 5.75 Å². The van der Waals surface area contributed by atoms with Crippen molar-refractivity contribution in [3.63, 3.8) is 0 Å². The van der Waals surface area contributed by atoms with Crippen molar-refractivity contribution in [3.8, 4) is 5.75 Å². The monoisotopic (exact) mass is 375 g/mol. The largest absolute Gasteiger partial charge is 0.493 e. The number of halogens is 1. The lowest BCUT2D eigenvalue weighted by Gasteiger charge is -2.07. The molecular weight excluding hydrogens is 353 g/mol. The highest BCUT2D eigenvalue weighted by molar-refractivity contribution is 14.0. The summed E-state index contributed by atoms with van der Waals surface area (Å²) in [4.78, 5) is 4.17. The lowest BCUT2D eigenvalue weighted by atomic mass is 10.2. The van der Waals surface area contributed by atoms with Crippen molar-refractivity contribution < 1.29 is 4.74 Å². The van der Waals surface area contributed by atoms with Crippen LogP contribution in [-0.4, -0.2) is 25.7 Å². The minimum absolute atomic E-state index is 0. The minimum atomic E-state index is 0. The molecule has 0 amide bonds. The number of hydrogen-bond acceptors (Lipinski definition) is 2. The summed E-state index contributed by atoms with van der Waals surface area (Å²) in [5.74, 6) is 1.38. The molecule has 4 nitrogen and oxygen atoms in total. The molecule has 0 heterocycles. The first-order valence-corrected chi connectivity index (χ1v) is 6.07. The second-order valence-corrected chi connectivity index (χ2v) is 3.90. The van der Waals surface area contributed by atoms with E-state index in [4.69, 9.17) is 10.5 Å². The number of rotatable bonds is 7. The summed E-state index contributed by atoms with van der Waals surface area (Å²) in [6.07, 6.45) is 2.58. The van der Waals surface area contributed by atoms with E-state index in [0.717, 1.165) is 17.7 Å². The third-order valence-electron chi connectivity index (χ3n) is 2.36. The second kappa shape index (κ2) is 10.7. The van der Waals surface area contributed by atoms with Gasteiger partial charge in [0.05, 0.1) is 6.61 Å². The third kappa shape index (κ3) is 7.71. The number of nitrogens with two attached hydrogens (primary N) is 1. The standard InChI is InChI=1S/C14H21N3O.HI/c1-3-9-16-14(15)17-10-6-11-18-13-8-5-4-7-12(13)2;/h3-5,7-8H,1,6,9-11H2,2H3,(H3,15,16,17);1H. The van der Waals surface area contributed by atoms with Crippen LogP contribution in [-0.2, 0) is 0 Å². The summed E-state index contributed by atoms with van der Waals surface area (Å²) in [5, 5.41) is 2.92. The van der Waals surface area contributed by atoms with E-state index in [-0.39, 0.29) is 24.0 Å². The molecule has 1 rings (SSSR count). The molecule has 5 heteroatoms. The van der Waals surface area contributed by atoms with Crippen molar-refractivity contribution in [3.05, 3.63) is 42.5 Å².